The van der Waals surface area contributed by atoms with Crippen LogP contribution in [0, 0.1) is 19.8 Å². The van der Waals surface area contributed by atoms with Crippen LogP contribution in [-0.2, 0) is 11.4 Å². The molecule has 1 aromatic carbocycles. The zero-order chi connectivity index (χ0) is 11.5. The molecule has 1 aromatic rings. The van der Waals surface area contributed by atoms with Crippen molar-refractivity contribution in [3.05, 3.63) is 28.8 Å². The van der Waals surface area contributed by atoms with Crippen molar-refractivity contribution >= 4 is 0 Å². The van der Waals surface area contributed by atoms with Crippen LogP contribution in [0.2, 0.25) is 0 Å². The van der Waals surface area contributed by atoms with Crippen molar-refractivity contribution in [1.29, 1.82) is 0 Å². The number of nitrogens with two attached hydrogens (primary N) is 1. The van der Waals surface area contributed by atoms with Crippen LogP contribution in [0.4, 0.5) is 0 Å². The maximum atomic E-state index is 5.89. The van der Waals surface area contributed by atoms with Crippen molar-refractivity contribution in [2.75, 3.05) is 6.61 Å². The number of hydrogen-bond acceptors (Lipinski definition) is 3. The van der Waals surface area contributed by atoms with Crippen LogP contribution in [-0.4, -0.2) is 6.61 Å². The zero-order valence-corrected chi connectivity index (χ0v) is 9.95. The molecule has 0 aliphatic heterocycles. The van der Waals surface area contributed by atoms with E-state index in [1.807, 2.05) is 6.07 Å². The summed E-state index contributed by atoms with van der Waals surface area (Å²) >= 11 is 0. The number of hydrogen-bond donors (Lipinski definition) is 1. The molecule has 1 aliphatic rings. The van der Waals surface area contributed by atoms with E-state index in [0.29, 0.717) is 6.61 Å². The fourth-order valence-corrected chi connectivity index (χ4v) is 1.74. The Kier molecular flexibility index (Phi) is 3.46. The lowest BCUT2D eigenvalue weighted by Crippen LogP contribution is -2.07. The Morgan fingerprint density at radius 1 is 1.31 bits per heavy atom. The molecular weight excluding hydrogens is 202 g/mol. The molecule has 0 spiro atoms. The van der Waals surface area contributed by atoms with Crippen molar-refractivity contribution in [1.82, 2.24) is 0 Å². The van der Waals surface area contributed by atoms with Crippen molar-refractivity contribution in [3.63, 3.8) is 0 Å². The summed E-state index contributed by atoms with van der Waals surface area (Å²) in [5.41, 5.74) is 3.47. The smallest absolute Gasteiger partial charge is 0.128 e. The van der Waals surface area contributed by atoms with E-state index in [1.54, 1.807) is 0 Å². The molecule has 1 saturated carbocycles. The summed E-state index contributed by atoms with van der Waals surface area (Å²) in [7, 11) is 0. The van der Waals surface area contributed by atoms with Gasteiger partial charge >= 0.3 is 0 Å². The summed E-state index contributed by atoms with van der Waals surface area (Å²) in [6, 6.07) is 4.10. The van der Waals surface area contributed by atoms with Crippen LogP contribution in [0.1, 0.15) is 29.5 Å². The average Bonchev–Trinajstić information content (AvgIpc) is 3.07. The van der Waals surface area contributed by atoms with E-state index in [0.717, 1.165) is 23.8 Å². The van der Waals surface area contributed by atoms with Crippen molar-refractivity contribution < 1.29 is 9.57 Å². The third-order valence-electron chi connectivity index (χ3n) is 3.16. The molecule has 1 aliphatic carbocycles. The second-order valence-corrected chi connectivity index (χ2v) is 4.56. The van der Waals surface area contributed by atoms with Gasteiger partial charge in [0.15, 0.2) is 0 Å². The van der Waals surface area contributed by atoms with E-state index >= 15 is 0 Å². The largest absolute Gasteiger partial charge is 0.493 e. The van der Waals surface area contributed by atoms with Gasteiger partial charge in [0.25, 0.3) is 0 Å². The monoisotopic (exact) mass is 221 g/mol. The first-order valence-corrected chi connectivity index (χ1v) is 5.76. The number of aryl methyl sites for hydroxylation is 1. The lowest BCUT2D eigenvalue weighted by atomic mass is 10.0. The first-order chi connectivity index (χ1) is 7.72. The quantitative estimate of drug-likeness (QED) is 0.777. The van der Waals surface area contributed by atoms with Crippen LogP contribution in [0.5, 0.6) is 5.75 Å². The van der Waals surface area contributed by atoms with Crippen molar-refractivity contribution in [2.45, 2.75) is 33.3 Å². The van der Waals surface area contributed by atoms with Crippen LogP contribution in [0.3, 0.4) is 0 Å². The molecule has 0 unspecified atom stereocenters. The van der Waals surface area contributed by atoms with Crippen molar-refractivity contribution in [3.8, 4) is 5.75 Å². The highest BCUT2D eigenvalue weighted by Gasteiger charge is 2.23. The molecule has 3 nitrogen and oxygen atoms in total. The second-order valence-electron chi connectivity index (χ2n) is 4.56. The molecule has 2 rings (SSSR count). The second kappa shape index (κ2) is 4.85. The highest BCUT2D eigenvalue weighted by molar-refractivity contribution is 5.45. The van der Waals surface area contributed by atoms with Crippen LogP contribution < -0.4 is 10.6 Å². The Hall–Kier alpha value is -1.06. The Labute approximate surface area is 96.5 Å². The SMILES string of the molecule is Cc1ccc(CON)c(OCC2CC2)c1C. The first-order valence-electron chi connectivity index (χ1n) is 5.76. The Balaban J connectivity index is 2.18. The molecule has 0 atom stereocenters. The van der Waals surface area contributed by atoms with Gasteiger partial charge in [-0.1, -0.05) is 12.1 Å². The number of rotatable bonds is 5. The maximum Gasteiger partial charge on any atom is 0.128 e. The molecule has 88 valence electrons. The van der Waals surface area contributed by atoms with Crippen LogP contribution >= 0.6 is 0 Å². The minimum absolute atomic E-state index is 0.404. The third-order valence-corrected chi connectivity index (χ3v) is 3.16. The maximum absolute atomic E-state index is 5.89. The molecule has 1 fully saturated rings. The lowest BCUT2D eigenvalue weighted by Gasteiger charge is -2.15. The summed E-state index contributed by atoms with van der Waals surface area (Å²) in [5.74, 6) is 6.84. The molecular formula is C13H19NO2. The fourth-order valence-electron chi connectivity index (χ4n) is 1.74. The van der Waals surface area contributed by atoms with Gasteiger partial charge in [-0.25, -0.2) is 5.90 Å². The van der Waals surface area contributed by atoms with Crippen LogP contribution in [0.25, 0.3) is 0 Å². The van der Waals surface area contributed by atoms with Gasteiger partial charge in [-0.2, -0.15) is 0 Å². The lowest BCUT2D eigenvalue weighted by molar-refractivity contribution is 0.121. The Morgan fingerprint density at radius 3 is 2.69 bits per heavy atom. The van der Waals surface area contributed by atoms with E-state index in [4.69, 9.17) is 15.5 Å². The standard InChI is InChI=1S/C13H19NO2/c1-9-3-6-12(8-16-14)13(10(9)2)15-7-11-4-5-11/h3,6,11H,4-5,7-8,14H2,1-2H3. The van der Waals surface area contributed by atoms with Crippen LogP contribution in [0.15, 0.2) is 12.1 Å². The normalized spacial score (nSPS) is 15.2. The minimum atomic E-state index is 0.404. The summed E-state index contributed by atoms with van der Waals surface area (Å²) in [5, 5.41) is 0. The zero-order valence-electron chi connectivity index (χ0n) is 9.95. The van der Waals surface area contributed by atoms with Gasteiger partial charge in [0.1, 0.15) is 5.75 Å². The Bertz CT molecular complexity index is 372. The first kappa shape index (κ1) is 11.4. The summed E-state index contributed by atoms with van der Waals surface area (Å²) < 4.78 is 5.89. The van der Waals surface area contributed by atoms with E-state index in [-0.39, 0.29) is 0 Å². The number of benzene rings is 1. The van der Waals surface area contributed by atoms with Gasteiger partial charge in [-0.05, 0) is 43.7 Å². The summed E-state index contributed by atoms with van der Waals surface area (Å²) in [4.78, 5) is 4.71. The fraction of sp³-hybridized carbons (Fsp3) is 0.538. The minimum Gasteiger partial charge on any atom is -0.493 e. The molecule has 16 heavy (non-hydrogen) atoms. The molecule has 2 N–H and O–H groups in total. The van der Waals surface area contributed by atoms with Gasteiger partial charge in [0.05, 0.1) is 13.2 Å². The molecule has 0 aromatic heterocycles. The van der Waals surface area contributed by atoms with Gasteiger partial charge in [0.2, 0.25) is 0 Å². The van der Waals surface area contributed by atoms with Crippen molar-refractivity contribution in [2.24, 2.45) is 11.8 Å². The molecule has 3 heteroatoms. The summed E-state index contributed by atoms with van der Waals surface area (Å²) in [6.45, 7) is 5.40. The van der Waals surface area contributed by atoms with E-state index in [2.05, 4.69) is 19.9 Å². The predicted molar refractivity (Wildman–Crippen MR) is 63.1 cm³/mol. The molecule has 0 heterocycles. The predicted octanol–water partition coefficient (Wildman–Crippen LogP) is 2.48. The van der Waals surface area contributed by atoms with E-state index < -0.39 is 0 Å². The summed E-state index contributed by atoms with van der Waals surface area (Å²) in [6.07, 6.45) is 2.60. The number of ether oxygens (including phenoxy) is 1. The molecule has 0 bridgehead atoms. The topological polar surface area (TPSA) is 44.5 Å². The Morgan fingerprint density at radius 2 is 2.06 bits per heavy atom. The molecule has 0 amide bonds. The molecule has 0 saturated heterocycles. The average molecular weight is 221 g/mol. The van der Waals surface area contributed by atoms with Gasteiger partial charge < -0.3 is 4.74 Å². The van der Waals surface area contributed by atoms with Gasteiger partial charge in [0, 0.05) is 5.56 Å². The van der Waals surface area contributed by atoms with E-state index in [9.17, 15) is 0 Å². The highest BCUT2D eigenvalue weighted by atomic mass is 16.6. The van der Waals surface area contributed by atoms with Gasteiger partial charge in [-0.15, -0.1) is 0 Å². The third kappa shape index (κ3) is 2.54. The van der Waals surface area contributed by atoms with E-state index in [1.165, 1.54) is 24.0 Å². The highest BCUT2D eigenvalue weighted by Crippen LogP contribution is 2.32. The van der Waals surface area contributed by atoms with Gasteiger partial charge in [-0.3, -0.25) is 4.84 Å². The molecule has 0 radical (unpaired) electrons.